The number of ether oxygens (including phenoxy) is 1. The predicted molar refractivity (Wildman–Crippen MR) is 71.8 cm³/mol. The van der Waals surface area contributed by atoms with Gasteiger partial charge < -0.3 is 15.0 Å². The maximum atomic E-state index is 5.95. The lowest BCUT2D eigenvalue weighted by Crippen LogP contribution is -2.09. The molecular formula is C13H14ClN3O2. The lowest BCUT2D eigenvalue weighted by Gasteiger charge is -2.03. The first-order valence-electron chi connectivity index (χ1n) is 6.21. The summed E-state index contributed by atoms with van der Waals surface area (Å²) in [6, 6.07) is 5.19. The van der Waals surface area contributed by atoms with E-state index in [1.54, 1.807) is 18.2 Å². The van der Waals surface area contributed by atoms with Gasteiger partial charge in [0.05, 0.1) is 6.10 Å². The SMILES string of the molecule is Nc1cc(Cl)cc(-c2nc(CC3CCCO3)no2)c1. The Morgan fingerprint density at radius 3 is 3.00 bits per heavy atom. The highest BCUT2D eigenvalue weighted by Gasteiger charge is 2.19. The minimum absolute atomic E-state index is 0.204. The van der Waals surface area contributed by atoms with Gasteiger partial charge in [-0.05, 0) is 31.0 Å². The Labute approximate surface area is 115 Å². The van der Waals surface area contributed by atoms with Crippen molar-refractivity contribution in [1.82, 2.24) is 10.1 Å². The number of halogens is 1. The number of nitrogen functional groups attached to an aromatic ring is 1. The summed E-state index contributed by atoms with van der Waals surface area (Å²) in [5, 5.41) is 4.52. The molecule has 19 heavy (non-hydrogen) atoms. The Morgan fingerprint density at radius 2 is 2.26 bits per heavy atom. The van der Waals surface area contributed by atoms with Gasteiger partial charge in [-0.25, -0.2) is 0 Å². The number of benzene rings is 1. The third-order valence-corrected chi connectivity index (χ3v) is 3.29. The van der Waals surface area contributed by atoms with Crippen LogP contribution in [0.1, 0.15) is 18.7 Å². The van der Waals surface area contributed by atoms with Crippen LogP contribution in [0.15, 0.2) is 22.7 Å². The highest BCUT2D eigenvalue weighted by atomic mass is 35.5. The van der Waals surface area contributed by atoms with E-state index < -0.39 is 0 Å². The van der Waals surface area contributed by atoms with Crippen molar-refractivity contribution in [2.75, 3.05) is 12.3 Å². The smallest absolute Gasteiger partial charge is 0.258 e. The van der Waals surface area contributed by atoms with E-state index in [0.29, 0.717) is 28.8 Å². The van der Waals surface area contributed by atoms with Crippen LogP contribution in [0.4, 0.5) is 5.69 Å². The molecule has 0 radical (unpaired) electrons. The van der Waals surface area contributed by atoms with Crippen molar-refractivity contribution in [1.29, 1.82) is 0 Å². The number of hydrogen-bond donors (Lipinski definition) is 1. The Bertz CT molecular complexity index is 559. The monoisotopic (exact) mass is 279 g/mol. The summed E-state index contributed by atoms with van der Waals surface area (Å²) in [5.74, 6) is 1.09. The molecule has 100 valence electrons. The summed E-state index contributed by atoms with van der Waals surface area (Å²) < 4.78 is 10.8. The van der Waals surface area contributed by atoms with Crippen molar-refractivity contribution in [3.05, 3.63) is 29.0 Å². The van der Waals surface area contributed by atoms with E-state index in [1.165, 1.54) is 0 Å². The largest absolute Gasteiger partial charge is 0.399 e. The maximum Gasteiger partial charge on any atom is 0.258 e. The number of rotatable bonds is 3. The molecule has 0 saturated carbocycles. The zero-order valence-electron chi connectivity index (χ0n) is 10.3. The summed E-state index contributed by atoms with van der Waals surface area (Å²) >= 11 is 5.95. The van der Waals surface area contributed by atoms with Gasteiger partial charge in [0, 0.05) is 29.3 Å². The molecule has 1 unspecified atom stereocenters. The summed E-state index contributed by atoms with van der Waals surface area (Å²) in [5.41, 5.74) is 7.04. The van der Waals surface area contributed by atoms with Gasteiger partial charge in [-0.15, -0.1) is 0 Å². The molecule has 1 aliphatic heterocycles. The zero-order valence-corrected chi connectivity index (χ0v) is 11.1. The van der Waals surface area contributed by atoms with Crippen LogP contribution in [-0.2, 0) is 11.2 Å². The van der Waals surface area contributed by atoms with E-state index in [4.69, 9.17) is 26.6 Å². The standard InChI is InChI=1S/C13H14ClN3O2/c14-9-4-8(5-10(15)6-9)13-16-12(17-19-13)7-11-2-1-3-18-11/h4-6,11H,1-3,7,15H2. The number of anilines is 1. The lowest BCUT2D eigenvalue weighted by molar-refractivity contribution is 0.109. The molecule has 2 aromatic rings. The van der Waals surface area contributed by atoms with E-state index in [9.17, 15) is 0 Å². The molecule has 0 amide bonds. The fourth-order valence-corrected chi connectivity index (χ4v) is 2.44. The van der Waals surface area contributed by atoms with Crippen LogP contribution in [0, 0.1) is 0 Å². The second-order valence-electron chi connectivity index (χ2n) is 4.63. The van der Waals surface area contributed by atoms with Crippen molar-refractivity contribution >= 4 is 17.3 Å². The van der Waals surface area contributed by atoms with E-state index in [2.05, 4.69) is 10.1 Å². The Hall–Kier alpha value is -1.59. The van der Waals surface area contributed by atoms with E-state index in [-0.39, 0.29) is 6.10 Å². The Morgan fingerprint density at radius 1 is 1.37 bits per heavy atom. The van der Waals surface area contributed by atoms with Crippen molar-refractivity contribution < 1.29 is 9.26 Å². The van der Waals surface area contributed by atoms with Gasteiger partial charge >= 0.3 is 0 Å². The van der Waals surface area contributed by atoms with Gasteiger partial charge in [-0.3, -0.25) is 0 Å². The van der Waals surface area contributed by atoms with Crippen LogP contribution in [0.5, 0.6) is 0 Å². The third-order valence-electron chi connectivity index (χ3n) is 3.07. The van der Waals surface area contributed by atoms with E-state index in [1.807, 2.05) is 0 Å². The minimum Gasteiger partial charge on any atom is -0.399 e. The molecule has 1 fully saturated rings. The first kappa shape index (κ1) is 12.4. The zero-order chi connectivity index (χ0) is 13.2. The summed E-state index contributed by atoms with van der Waals surface area (Å²) in [6.45, 7) is 0.820. The number of hydrogen-bond acceptors (Lipinski definition) is 5. The molecule has 1 saturated heterocycles. The minimum atomic E-state index is 0.204. The molecule has 6 heteroatoms. The number of aromatic nitrogens is 2. The molecule has 2 heterocycles. The summed E-state index contributed by atoms with van der Waals surface area (Å²) in [7, 11) is 0. The van der Waals surface area contributed by atoms with Crippen LogP contribution in [-0.4, -0.2) is 22.9 Å². The first-order chi connectivity index (χ1) is 9.20. The normalized spacial score (nSPS) is 18.9. The molecule has 1 atom stereocenters. The first-order valence-corrected chi connectivity index (χ1v) is 6.59. The third kappa shape index (κ3) is 2.88. The maximum absolute atomic E-state index is 5.95. The fourth-order valence-electron chi connectivity index (χ4n) is 2.20. The van der Waals surface area contributed by atoms with Crippen molar-refractivity contribution in [3.8, 4) is 11.5 Å². The second-order valence-corrected chi connectivity index (χ2v) is 5.06. The number of nitrogens with zero attached hydrogens (tertiary/aromatic N) is 2. The average Bonchev–Trinajstić information content (AvgIpc) is 2.99. The van der Waals surface area contributed by atoms with Gasteiger partial charge in [0.1, 0.15) is 0 Å². The van der Waals surface area contributed by atoms with Crippen LogP contribution < -0.4 is 5.73 Å². The molecule has 1 aliphatic rings. The molecule has 0 spiro atoms. The predicted octanol–water partition coefficient (Wildman–Crippen LogP) is 2.69. The molecule has 0 bridgehead atoms. The Kier molecular flexibility index (Phi) is 3.40. The van der Waals surface area contributed by atoms with E-state index >= 15 is 0 Å². The molecule has 1 aromatic carbocycles. The van der Waals surface area contributed by atoms with Gasteiger partial charge in [0.2, 0.25) is 0 Å². The molecule has 5 nitrogen and oxygen atoms in total. The number of nitrogens with two attached hydrogens (primary N) is 1. The fraction of sp³-hybridized carbons (Fsp3) is 0.385. The second kappa shape index (κ2) is 5.19. The van der Waals surface area contributed by atoms with Gasteiger partial charge in [-0.2, -0.15) is 4.98 Å². The van der Waals surface area contributed by atoms with E-state index in [0.717, 1.165) is 25.0 Å². The van der Waals surface area contributed by atoms with Crippen LogP contribution in [0.3, 0.4) is 0 Å². The van der Waals surface area contributed by atoms with Gasteiger partial charge in [0.15, 0.2) is 5.82 Å². The molecule has 2 N–H and O–H groups in total. The van der Waals surface area contributed by atoms with Crippen LogP contribution in [0.2, 0.25) is 5.02 Å². The lowest BCUT2D eigenvalue weighted by atomic mass is 10.2. The van der Waals surface area contributed by atoms with Crippen molar-refractivity contribution in [2.45, 2.75) is 25.4 Å². The van der Waals surface area contributed by atoms with Crippen molar-refractivity contribution in [3.63, 3.8) is 0 Å². The van der Waals surface area contributed by atoms with Crippen LogP contribution in [0.25, 0.3) is 11.5 Å². The van der Waals surface area contributed by atoms with Crippen molar-refractivity contribution in [2.24, 2.45) is 0 Å². The Balaban J connectivity index is 1.79. The molecule has 1 aromatic heterocycles. The average molecular weight is 280 g/mol. The van der Waals surface area contributed by atoms with Crippen LogP contribution >= 0.6 is 11.6 Å². The highest BCUT2D eigenvalue weighted by Crippen LogP contribution is 2.25. The quantitative estimate of drug-likeness (QED) is 0.875. The summed E-state index contributed by atoms with van der Waals surface area (Å²) in [6.07, 6.45) is 3.03. The highest BCUT2D eigenvalue weighted by molar-refractivity contribution is 6.31. The van der Waals surface area contributed by atoms with Gasteiger partial charge in [-0.1, -0.05) is 16.8 Å². The topological polar surface area (TPSA) is 74.2 Å². The van der Waals surface area contributed by atoms with Gasteiger partial charge in [0.25, 0.3) is 5.89 Å². The summed E-state index contributed by atoms with van der Waals surface area (Å²) in [4.78, 5) is 4.35. The molecular weight excluding hydrogens is 266 g/mol. The molecule has 0 aliphatic carbocycles. The molecule has 3 rings (SSSR count).